The van der Waals surface area contributed by atoms with Crippen LogP contribution in [0.25, 0.3) is 0 Å². The molecule has 0 aliphatic rings. The average molecular weight is 896 g/mol. The van der Waals surface area contributed by atoms with E-state index in [1.165, 1.54) is 89.9 Å². The van der Waals surface area contributed by atoms with Crippen LogP contribution in [0.15, 0.2) is 97.2 Å². The first-order valence-corrected chi connectivity index (χ1v) is 24.6. The normalized spacial score (nSPS) is 12.3. The van der Waals surface area contributed by atoms with E-state index in [9.17, 15) is 0 Å². The Labute approximate surface area is 408 Å². The van der Waals surface area contributed by atoms with Crippen molar-refractivity contribution in [2.75, 3.05) is 0 Å². The van der Waals surface area contributed by atoms with Gasteiger partial charge in [-0.25, -0.2) is 0 Å². The molecular weight excluding hydrogens is 765 g/mol. The van der Waals surface area contributed by atoms with Crippen molar-refractivity contribution in [2.45, 2.75) is 270 Å². The summed E-state index contributed by atoms with van der Waals surface area (Å²) in [7, 11) is 0. The fourth-order valence-corrected chi connectivity index (χ4v) is 5.09. The Morgan fingerprint density at radius 3 is 0.661 bits per heavy atom. The van der Waals surface area contributed by atoms with Crippen LogP contribution in [0.3, 0.4) is 0 Å². The van der Waals surface area contributed by atoms with Crippen molar-refractivity contribution in [1.29, 1.82) is 0 Å². The van der Waals surface area contributed by atoms with E-state index in [-0.39, 0.29) is 43.2 Å². The average Bonchev–Trinajstić information content (AvgIpc) is 3.21. The van der Waals surface area contributed by atoms with Crippen molar-refractivity contribution in [3.05, 3.63) is 97.2 Å². The molecule has 0 aliphatic carbocycles. The summed E-state index contributed by atoms with van der Waals surface area (Å²) >= 11 is 0. The van der Waals surface area contributed by atoms with Crippen LogP contribution >= 0.6 is 13.5 Å². The van der Waals surface area contributed by atoms with Crippen molar-refractivity contribution in [3.8, 4) is 0 Å². The maximum atomic E-state index is 2.37. The van der Waals surface area contributed by atoms with Gasteiger partial charge in [-0.2, -0.15) is 13.5 Å². The van der Waals surface area contributed by atoms with Gasteiger partial charge in [0.1, 0.15) is 0 Å². The summed E-state index contributed by atoms with van der Waals surface area (Å²) < 4.78 is 0. The summed E-state index contributed by atoms with van der Waals surface area (Å²) in [5.74, 6) is 3.88. The zero-order valence-electron chi connectivity index (χ0n) is 43.6. The topological polar surface area (TPSA) is 0 Å². The standard InChI is InChI=1S/C13H24.C13H26.C7H14.4C6H12.4CH4.H2S/c1-5-7-9-12(3)11-13(4)10-8-6-2;1-5-8-10-12(4)11-13(7-3)9-6-2;1-4-5-6-7(2)3;4*1-3-5-6-4-2;;;;;/h7-10,12-13H,5-6,11H2,1-4H3;8,10,12-13H,5-7,9,11H2,1-4H3;5-7H,4H2,1-3H3;4*5-6H,3-4H2,1-2H3;4*1H4;1H2. The molecule has 62 heavy (non-hydrogen) atoms. The summed E-state index contributed by atoms with van der Waals surface area (Å²) in [4.78, 5) is 0. The van der Waals surface area contributed by atoms with Crippen molar-refractivity contribution in [2.24, 2.45) is 29.6 Å². The highest BCUT2D eigenvalue weighted by molar-refractivity contribution is 7.59. The second-order valence-corrected chi connectivity index (χ2v) is 15.2. The van der Waals surface area contributed by atoms with Gasteiger partial charge >= 0.3 is 0 Å². The minimum Gasteiger partial charge on any atom is -0.197 e. The van der Waals surface area contributed by atoms with Crippen molar-refractivity contribution in [3.63, 3.8) is 0 Å². The lowest BCUT2D eigenvalue weighted by molar-refractivity contribution is 0.390. The van der Waals surface area contributed by atoms with Crippen molar-refractivity contribution in [1.82, 2.24) is 0 Å². The molecule has 0 heterocycles. The van der Waals surface area contributed by atoms with Gasteiger partial charge in [0.25, 0.3) is 0 Å². The Bertz CT molecular complexity index is 764. The van der Waals surface area contributed by atoms with E-state index in [0.29, 0.717) is 0 Å². The van der Waals surface area contributed by atoms with Crippen LogP contribution in [0.1, 0.15) is 270 Å². The summed E-state index contributed by atoms with van der Waals surface area (Å²) in [5, 5.41) is 0. The molecule has 380 valence electrons. The predicted octanol–water partition coefficient (Wildman–Crippen LogP) is 24.1. The first-order chi connectivity index (χ1) is 27.4. The van der Waals surface area contributed by atoms with Crippen LogP contribution in [-0.4, -0.2) is 0 Å². The minimum atomic E-state index is 0. The first-order valence-electron chi connectivity index (χ1n) is 24.6. The minimum absolute atomic E-state index is 0. The molecule has 0 nitrogen and oxygen atoms in total. The maximum absolute atomic E-state index is 2.37. The number of rotatable bonds is 23. The molecule has 0 spiro atoms. The third-order valence-corrected chi connectivity index (χ3v) is 8.13. The van der Waals surface area contributed by atoms with Crippen molar-refractivity contribution >= 4 is 13.5 Å². The zero-order valence-corrected chi connectivity index (χ0v) is 44.6. The second-order valence-electron chi connectivity index (χ2n) is 15.2. The van der Waals surface area contributed by atoms with Gasteiger partial charge in [-0.3, -0.25) is 0 Å². The second kappa shape index (κ2) is 94.0. The first kappa shape index (κ1) is 90.9. The highest BCUT2D eigenvalue weighted by Gasteiger charge is 2.08. The van der Waals surface area contributed by atoms with Crippen molar-refractivity contribution < 1.29 is 0 Å². The van der Waals surface area contributed by atoms with E-state index in [2.05, 4.69) is 229 Å². The molecule has 0 amide bonds. The molecular formula is C61H130S. The molecule has 0 saturated heterocycles. The fourth-order valence-electron chi connectivity index (χ4n) is 5.09. The van der Waals surface area contributed by atoms with Gasteiger partial charge in [-0.1, -0.05) is 278 Å². The smallest absolute Gasteiger partial charge is 0.0256 e. The van der Waals surface area contributed by atoms with Gasteiger partial charge in [0.05, 0.1) is 0 Å². The molecule has 0 aromatic heterocycles. The lowest BCUT2D eigenvalue weighted by Gasteiger charge is -2.16. The molecule has 4 atom stereocenters. The molecule has 0 bridgehead atoms. The van der Waals surface area contributed by atoms with Gasteiger partial charge in [0.15, 0.2) is 0 Å². The van der Waals surface area contributed by atoms with Gasteiger partial charge in [-0.05, 0) is 119 Å². The molecule has 0 N–H and O–H groups in total. The number of hydrogen-bond acceptors (Lipinski definition) is 0. The summed E-state index contributed by atoms with van der Waals surface area (Å²) in [6.07, 6.45) is 56.5. The van der Waals surface area contributed by atoms with E-state index >= 15 is 0 Å². The number of allylic oxidation sites excluding steroid dienone is 16. The Morgan fingerprint density at radius 1 is 0.290 bits per heavy atom. The highest BCUT2D eigenvalue weighted by Crippen LogP contribution is 2.21. The third kappa shape index (κ3) is 124. The molecule has 4 unspecified atom stereocenters. The lowest BCUT2D eigenvalue weighted by atomic mass is 9.90. The molecule has 0 aromatic carbocycles. The van der Waals surface area contributed by atoms with Gasteiger partial charge in [0, 0.05) is 0 Å². The molecule has 0 fully saturated rings. The van der Waals surface area contributed by atoms with Crippen LogP contribution in [0.5, 0.6) is 0 Å². The van der Waals surface area contributed by atoms with Gasteiger partial charge in [0.2, 0.25) is 0 Å². The molecule has 1 heteroatoms. The van der Waals surface area contributed by atoms with Crippen LogP contribution in [0.2, 0.25) is 0 Å². The Balaban J connectivity index is -0.0000000478. The Morgan fingerprint density at radius 2 is 0.500 bits per heavy atom. The van der Waals surface area contributed by atoms with E-state index in [1.54, 1.807) is 0 Å². The quantitative estimate of drug-likeness (QED) is 0.0897. The van der Waals surface area contributed by atoms with Gasteiger partial charge in [-0.15, -0.1) is 0 Å². The largest absolute Gasteiger partial charge is 0.197 e. The van der Waals surface area contributed by atoms with E-state index in [0.717, 1.165) is 48.9 Å². The third-order valence-electron chi connectivity index (χ3n) is 8.13. The summed E-state index contributed by atoms with van der Waals surface area (Å²) in [5.41, 5.74) is 0. The van der Waals surface area contributed by atoms with Crippen LogP contribution in [0, 0.1) is 29.6 Å². The maximum Gasteiger partial charge on any atom is -0.0256 e. The van der Waals surface area contributed by atoms with Crippen LogP contribution in [-0.2, 0) is 0 Å². The van der Waals surface area contributed by atoms with E-state index in [4.69, 9.17) is 0 Å². The SMILES string of the molecule is C.C.C.C.CCC=CC(C)C.CCC=CC(C)CC(C)C=CCC.CCC=CC(C)CC(CC)CCC.CCC=CCC.CCC=CCC.CCC=CCC.CCC=CCC.S. The van der Waals surface area contributed by atoms with Crippen LogP contribution in [0.4, 0.5) is 0 Å². The van der Waals surface area contributed by atoms with Crippen LogP contribution < -0.4 is 0 Å². The van der Waals surface area contributed by atoms with Gasteiger partial charge < -0.3 is 0 Å². The van der Waals surface area contributed by atoms with E-state index < -0.39 is 0 Å². The Kier molecular flexibility index (Phi) is 138. The molecule has 0 aromatic rings. The zero-order chi connectivity index (χ0) is 45.2. The molecule has 0 aliphatic heterocycles. The molecule has 0 radical (unpaired) electrons. The monoisotopic (exact) mass is 895 g/mol. The Hall–Kier alpha value is -1.73. The molecule has 0 rings (SSSR count). The predicted molar refractivity (Wildman–Crippen MR) is 314 cm³/mol. The highest BCUT2D eigenvalue weighted by atomic mass is 32.1. The van der Waals surface area contributed by atoms with E-state index in [1.807, 2.05) is 0 Å². The fraction of sp³-hybridized carbons (Fsp3) is 0.738. The lowest BCUT2D eigenvalue weighted by Crippen LogP contribution is -2.03. The summed E-state index contributed by atoms with van der Waals surface area (Å²) in [6.45, 7) is 41.8. The molecule has 0 saturated carbocycles. The number of hydrogen-bond donors (Lipinski definition) is 0. The summed E-state index contributed by atoms with van der Waals surface area (Å²) in [6, 6.07) is 0.